The van der Waals surface area contributed by atoms with E-state index in [1.165, 1.54) is 32.1 Å². The van der Waals surface area contributed by atoms with Gasteiger partial charge in [-0.1, -0.05) is 44.3 Å². The van der Waals surface area contributed by atoms with Crippen LogP contribution in [0.5, 0.6) is 0 Å². The van der Waals surface area contributed by atoms with E-state index in [-0.39, 0.29) is 5.91 Å². The summed E-state index contributed by atoms with van der Waals surface area (Å²) in [6.07, 6.45) is 13.4. The number of rotatable bonds is 6. The van der Waals surface area contributed by atoms with Crippen LogP contribution in [0.2, 0.25) is 0 Å². The molecule has 1 amide bonds. The number of carbonyl (C=O) groups excluding carboxylic acids is 1. The summed E-state index contributed by atoms with van der Waals surface area (Å²) in [4.78, 5) is 12.4. The normalized spacial score (nSPS) is 20.0. The van der Waals surface area contributed by atoms with Crippen LogP contribution in [-0.2, 0) is 15.1 Å². The zero-order chi connectivity index (χ0) is 16.7. The van der Waals surface area contributed by atoms with Crippen LogP contribution in [0.25, 0.3) is 0 Å². The molecule has 0 saturated heterocycles. The van der Waals surface area contributed by atoms with E-state index in [9.17, 15) is 13.2 Å². The Morgan fingerprint density at radius 2 is 2.00 bits per heavy atom. The Bertz CT molecular complexity index is 606. The number of amides is 1. The lowest BCUT2D eigenvalue weighted by molar-refractivity contribution is -0.122. The average molecular weight is 338 g/mol. The van der Waals surface area contributed by atoms with Crippen LogP contribution >= 0.6 is 0 Å². The van der Waals surface area contributed by atoms with Crippen molar-refractivity contribution in [1.29, 1.82) is 0 Å². The molecule has 2 aliphatic rings. The summed E-state index contributed by atoms with van der Waals surface area (Å²) in [7, 11) is -2.14. The molecule has 1 atom stereocenters. The van der Waals surface area contributed by atoms with Gasteiger partial charge in [-0.05, 0) is 30.4 Å². The predicted molar refractivity (Wildman–Crippen MR) is 92.6 cm³/mol. The highest BCUT2D eigenvalue weighted by atomic mass is 32.2. The summed E-state index contributed by atoms with van der Waals surface area (Å²) in [6.45, 7) is 0.531. The molecular formula is C17H26N2O3S. The molecule has 23 heavy (non-hydrogen) atoms. The number of allylic oxidation sites excluding steroid dienone is 3. The van der Waals surface area contributed by atoms with Gasteiger partial charge < -0.3 is 11.1 Å². The van der Waals surface area contributed by atoms with Gasteiger partial charge in [-0.25, -0.2) is 0 Å². The number of nitrogens with one attached hydrogen (secondary N) is 1. The van der Waals surface area contributed by atoms with E-state index < -0.39 is 16.3 Å². The van der Waals surface area contributed by atoms with Crippen molar-refractivity contribution < 1.29 is 13.2 Å². The van der Waals surface area contributed by atoms with Gasteiger partial charge in [0.1, 0.15) is 0 Å². The van der Waals surface area contributed by atoms with Gasteiger partial charge in [-0.3, -0.25) is 4.79 Å². The van der Waals surface area contributed by atoms with Crippen molar-refractivity contribution in [1.82, 2.24) is 5.32 Å². The van der Waals surface area contributed by atoms with E-state index in [0.29, 0.717) is 30.2 Å². The van der Waals surface area contributed by atoms with E-state index in [2.05, 4.69) is 5.32 Å². The summed E-state index contributed by atoms with van der Waals surface area (Å²) in [5, 5.41) is 2.89. The highest BCUT2D eigenvalue weighted by Crippen LogP contribution is 2.26. The van der Waals surface area contributed by atoms with Crippen molar-refractivity contribution in [3.05, 3.63) is 23.8 Å². The standard InChI is InChI=1S/C17H26N2O3S/c18-16(12-14-4-2-1-3-5-14)17(20)19-11-10-13-6-8-15(9-7-13)23(21)22/h6-8,14,16H,1-5,9-12,18H2,(H,19,20)/t16-/m0/s1. The molecule has 0 aromatic carbocycles. The monoisotopic (exact) mass is 338 g/mol. The first kappa shape index (κ1) is 17.9. The molecule has 6 heteroatoms. The van der Waals surface area contributed by atoms with Crippen LogP contribution in [0.4, 0.5) is 0 Å². The van der Waals surface area contributed by atoms with Crippen molar-refractivity contribution >= 4 is 21.1 Å². The zero-order valence-corrected chi connectivity index (χ0v) is 14.3. The van der Waals surface area contributed by atoms with Gasteiger partial charge >= 0.3 is 0 Å². The summed E-state index contributed by atoms with van der Waals surface area (Å²) < 4.78 is 21.6. The fraction of sp³-hybridized carbons (Fsp3) is 0.647. The Balaban J connectivity index is 1.68. The Morgan fingerprint density at radius 3 is 2.61 bits per heavy atom. The predicted octanol–water partition coefficient (Wildman–Crippen LogP) is 1.73. The summed E-state index contributed by atoms with van der Waals surface area (Å²) in [6, 6.07) is -0.420. The average Bonchev–Trinajstić information content (AvgIpc) is 2.56. The van der Waals surface area contributed by atoms with E-state index in [4.69, 9.17) is 5.73 Å². The minimum absolute atomic E-state index is 0.0797. The lowest BCUT2D eigenvalue weighted by Crippen LogP contribution is -2.42. The first-order valence-corrected chi connectivity index (χ1v) is 9.49. The largest absolute Gasteiger partial charge is 0.354 e. The third-order valence-electron chi connectivity index (χ3n) is 4.62. The minimum atomic E-state index is -2.14. The summed E-state index contributed by atoms with van der Waals surface area (Å²) in [5.41, 5.74) is 7.05. The van der Waals surface area contributed by atoms with Gasteiger partial charge in [0.05, 0.1) is 10.9 Å². The van der Waals surface area contributed by atoms with Gasteiger partial charge in [0.25, 0.3) is 0 Å². The molecule has 0 aromatic heterocycles. The van der Waals surface area contributed by atoms with Crippen molar-refractivity contribution in [3.8, 4) is 0 Å². The second kappa shape index (κ2) is 9.03. The highest BCUT2D eigenvalue weighted by Gasteiger charge is 2.20. The molecule has 0 radical (unpaired) electrons. The maximum absolute atomic E-state index is 12.0. The smallest absolute Gasteiger partial charge is 0.236 e. The number of nitrogens with two attached hydrogens (primary N) is 1. The molecule has 2 aliphatic carbocycles. The molecule has 1 saturated carbocycles. The molecule has 0 unspecified atom stereocenters. The third-order valence-corrected chi connectivity index (χ3v) is 5.36. The van der Waals surface area contributed by atoms with Crippen molar-refractivity contribution in [3.63, 3.8) is 0 Å². The van der Waals surface area contributed by atoms with Crippen molar-refractivity contribution in [2.45, 2.75) is 57.4 Å². The Kier molecular flexibility index (Phi) is 7.05. The Hall–Kier alpha value is -1.40. The van der Waals surface area contributed by atoms with E-state index in [1.54, 1.807) is 12.2 Å². The number of carbonyl (C=O) groups is 1. The third kappa shape index (κ3) is 5.95. The van der Waals surface area contributed by atoms with Gasteiger partial charge in [-0.2, -0.15) is 8.42 Å². The molecule has 5 nitrogen and oxygen atoms in total. The molecule has 0 spiro atoms. The van der Waals surface area contributed by atoms with Crippen LogP contribution in [0.1, 0.15) is 51.4 Å². The second-order valence-electron chi connectivity index (χ2n) is 6.40. The molecule has 0 bridgehead atoms. The Labute approximate surface area is 139 Å². The SMILES string of the molecule is N[C@@H](CC1CCCCC1)C(=O)NCCC1=CCC(=S(=O)=O)C=C1. The van der Waals surface area contributed by atoms with Gasteiger partial charge in [0, 0.05) is 13.0 Å². The lowest BCUT2D eigenvalue weighted by atomic mass is 9.85. The topological polar surface area (TPSA) is 89.3 Å². The van der Waals surface area contributed by atoms with Crippen LogP contribution in [0.15, 0.2) is 23.8 Å². The maximum Gasteiger partial charge on any atom is 0.236 e. The summed E-state index contributed by atoms with van der Waals surface area (Å²) >= 11 is 0. The lowest BCUT2D eigenvalue weighted by Gasteiger charge is -2.24. The van der Waals surface area contributed by atoms with Gasteiger partial charge in [0.15, 0.2) is 0 Å². The molecule has 0 aromatic rings. The minimum Gasteiger partial charge on any atom is -0.354 e. The van der Waals surface area contributed by atoms with Crippen LogP contribution < -0.4 is 11.1 Å². The first-order valence-electron chi connectivity index (χ1n) is 8.41. The van der Waals surface area contributed by atoms with Crippen LogP contribution in [-0.4, -0.2) is 31.8 Å². The fourth-order valence-corrected chi connectivity index (χ4v) is 3.63. The van der Waals surface area contributed by atoms with Crippen LogP contribution in [0, 0.1) is 5.92 Å². The zero-order valence-electron chi connectivity index (χ0n) is 13.5. The maximum atomic E-state index is 12.0. The van der Waals surface area contributed by atoms with Crippen molar-refractivity contribution in [2.75, 3.05) is 6.54 Å². The molecule has 1 fully saturated rings. The second-order valence-corrected chi connectivity index (χ2v) is 7.40. The number of hydrogen-bond acceptors (Lipinski definition) is 4. The molecule has 0 heterocycles. The molecule has 0 aliphatic heterocycles. The molecule has 2 rings (SSSR count). The fourth-order valence-electron chi connectivity index (χ4n) is 3.23. The molecular weight excluding hydrogens is 312 g/mol. The van der Waals surface area contributed by atoms with Crippen LogP contribution in [0.3, 0.4) is 0 Å². The Morgan fingerprint density at radius 1 is 1.26 bits per heavy atom. The quantitative estimate of drug-likeness (QED) is 0.722. The van der Waals surface area contributed by atoms with E-state index in [0.717, 1.165) is 12.0 Å². The molecule has 128 valence electrons. The van der Waals surface area contributed by atoms with Crippen molar-refractivity contribution in [2.24, 2.45) is 11.7 Å². The first-order chi connectivity index (χ1) is 11.1. The van der Waals surface area contributed by atoms with Gasteiger partial charge in [-0.15, -0.1) is 0 Å². The molecule has 3 N–H and O–H groups in total. The number of hydrogen-bond donors (Lipinski definition) is 2. The summed E-state index contributed by atoms with van der Waals surface area (Å²) in [5.74, 6) is 0.513. The van der Waals surface area contributed by atoms with E-state index in [1.807, 2.05) is 6.08 Å². The van der Waals surface area contributed by atoms with E-state index >= 15 is 0 Å². The highest BCUT2D eigenvalue weighted by molar-refractivity contribution is 7.73. The van der Waals surface area contributed by atoms with Gasteiger partial charge in [0.2, 0.25) is 16.2 Å².